The molecule has 0 aliphatic heterocycles. The van der Waals surface area contributed by atoms with Crippen LogP contribution in [-0.2, 0) is 17.6 Å². The van der Waals surface area contributed by atoms with Gasteiger partial charge in [0.15, 0.2) is 0 Å². The summed E-state index contributed by atoms with van der Waals surface area (Å²) in [5.74, 6) is -0.470. The van der Waals surface area contributed by atoms with Crippen LogP contribution in [0.15, 0.2) is 54.7 Å². The Kier molecular flexibility index (Phi) is 18.2. The first-order chi connectivity index (χ1) is 21.7. The lowest BCUT2D eigenvalue weighted by atomic mass is 9.84. The number of carbonyl (C=O) groups is 1. The molecule has 0 fully saturated rings. The van der Waals surface area contributed by atoms with E-state index in [2.05, 4.69) is 91.7 Å². The Morgan fingerprint density at radius 1 is 0.688 bits per heavy atom. The maximum absolute atomic E-state index is 10.2. The standard InChI is InChI=1S/C14H20N2.C12H19NO.C8H17NO2.C6H15N/c1-14(2,3)13(15)8-10-9-16-12-7-5-4-6-11(10)12;1-12(2,3)11(13)8-9-4-6-10(14)7-5-9;1-8(2,3)6(9)4-5-7(10)11;1-5(7)6(2,3)4/h4-7,9,13,16H,8,15H2,1-3H3;4-7,11,14H,8,13H2,1-3H3;6H,4-5,9H2,1-3H3,(H,10,11);5H,7H2,1-4H3. The lowest BCUT2D eigenvalue weighted by Crippen LogP contribution is -2.36. The zero-order chi connectivity index (χ0) is 37.7. The van der Waals surface area contributed by atoms with Gasteiger partial charge < -0.3 is 38.1 Å². The first-order valence-electron chi connectivity index (χ1n) is 17.2. The monoisotopic (exact) mass is 670 g/mol. The van der Waals surface area contributed by atoms with E-state index in [1.54, 1.807) is 12.1 Å². The average molecular weight is 670 g/mol. The number of carboxylic acid groups (broad SMARTS) is 1. The van der Waals surface area contributed by atoms with Gasteiger partial charge in [0.25, 0.3) is 0 Å². The van der Waals surface area contributed by atoms with Crippen LogP contribution in [0.5, 0.6) is 5.75 Å². The maximum atomic E-state index is 10.2. The molecule has 11 N–H and O–H groups in total. The predicted octanol–water partition coefficient (Wildman–Crippen LogP) is 8.00. The minimum atomic E-state index is -0.773. The quantitative estimate of drug-likeness (QED) is 0.133. The fourth-order valence-electron chi connectivity index (χ4n) is 3.75. The van der Waals surface area contributed by atoms with Crippen LogP contribution in [0.4, 0.5) is 0 Å². The number of para-hydroxylation sites is 1. The summed E-state index contributed by atoms with van der Waals surface area (Å²) in [7, 11) is 0. The van der Waals surface area contributed by atoms with Crippen LogP contribution in [0.3, 0.4) is 0 Å². The summed E-state index contributed by atoms with van der Waals surface area (Å²) in [6, 6.07) is 16.2. The second-order valence-electron chi connectivity index (χ2n) is 17.4. The third-order valence-corrected chi connectivity index (χ3v) is 8.88. The molecule has 4 atom stereocenters. The van der Waals surface area contributed by atoms with Gasteiger partial charge in [-0.1, -0.05) is 113 Å². The van der Waals surface area contributed by atoms with Gasteiger partial charge in [0.1, 0.15) is 5.75 Å². The number of hydrogen-bond acceptors (Lipinski definition) is 6. The topological polar surface area (TPSA) is 177 Å². The van der Waals surface area contributed by atoms with Crippen molar-refractivity contribution in [2.45, 2.75) is 140 Å². The normalized spacial score (nSPS) is 14.6. The molecule has 2 aromatic carbocycles. The molecule has 0 spiro atoms. The van der Waals surface area contributed by atoms with Crippen molar-refractivity contribution in [3.63, 3.8) is 0 Å². The fraction of sp³-hybridized carbons (Fsp3) is 0.625. The van der Waals surface area contributed by atoms with Gasteiger partial charge in [-0.3, -0.25) is 4.79 Å². The van der Waals surface area contributed by atoms with Crippen LogP contribution in [0.1, 0.15) is 114 Å². The van der Waals surface area contributed by atoms with E-state index in [1.807, 2.05) is 45.9 Å². The number of nitrogens with one attached hydrogen (secondary N) is 1. The van der Waals surface area contributed by atoms with Crippen molar-refractivity contribution in [1.29, 1.82) is 0 Å². The van der Waals surface area contributed by atoms with Crippen LogP contribution in [0.25, 0.3) is 10.9 Å². The molecule has 0 aliphatic rings. The summed E-state index contributed by atoms with van der Waals surface area (Å²) in [6.45, 7) is 27.4. The van der Waals surface area contributed by atoms with Gasteiger partial charge in [0, 0.05) is 47.7 Å². The van der Waals surface area contributed by atoms with E-state index in [1.165, 1.54) is 22.0 Å². The molecular formula is C40H71N5O3. The molecule has 0 saturated heterocycles. The summed E-state index contributed by atoms with van der Waals surface area (Å²) in [5, 5.41) is 18.8. The molecule has 0 bridgehead atoms. The Bertz CT molecular complexity index is 1320. The molecule has 48 heavy (non-hydrogen) atoms. The molecule has 1 heterocycles. The van der Waals surface area contributed by atoms with Crippen molar-refractivity contribution >= 4 is 16.9 Å². The van der Waals surface area contributed by atoms with E-state index in [4.69, 9.17) is 33.1 Å². The SMILES string of the molecule is CC(C)(C)C(N)CCC(=O)O.CC(C)(C)C(N)Cc1c[nH]c2ccccc12.CC(C)(C)C(N)Cc1ccc(O)cc1.CC(N)C(C)(C)C. The predicted molar refractivity (Wildman–Crippen MR) is 206 cm³/mol. The fourth-order valence-corrected chi connectivity index (χ4v) is 3.75. The van der Waals surface area contributed by atoms with Crippen molar-refractivity contribution in [2.24, 2.45) is 44.6 Å². The molecule has 3 aromatic rings. The second-order valence-corrected chi connectivity index (χ2v) is 17.4. The first kappa shape index (κ1) is 45.1. The number of phenolic OH excluding ortho intramolecular Hbond substituents is 1. The summed E-state index contributed by atoms with van der Waals surface area (Å²) in [6.07, 6.45) is 4.57. The first-order valence-corrected chi connectivity index (χ1v) is 17.2. The van der Waals surface area contributed by atoms with Gasteiger partial charge in [-0.15, -0.1) is 0 Å². The van der Waals surface area contributed by atoms with Gasteiger partial charge in [-0.2, -0.15) is 0 Å². The third-order valence-electron chi connectivity index (χ3n) is 8.88. The number of aromatic nitrogens is 1. The third kappa shape index (κ3) is 18.6. The summed E-state index contributed by atoms with van der Waals surface area (Å²) in [4.78, 5) is 13.5. The van der Waals surface area contributed by atoms with Crippen LogP contribution < -0.4 is 22.9 Å². The van der Waals surface area contributed by atoms with Gasteiger partial charge >= 0.3 is 5.97 Å². The number of benzene rings is 2. The summed E-state index contributed by atoms with van der Waals surface area (Å²) >= 11 is 0. The number of nitrogens with two attached hydrogens (primary N) is 4. The Morgan fingerprint density at radius 3 is 1.54 bits per heavy atom. The number of aliphatic carboxylic acids is 1. The Labute approximate surface area is 292 Å². The number of fused-ring (bicyclic) bond motifs is 1. The molecule has 8 nitrogen and oxygen atoms in total. The molecule has 0 radical (unpaired) electrons. The van der Waals surface area contributed by atoms with Gasteiger partial charge in [-0.05, 0) is 77.2 Å². The van der Waals surface area contributed by atoms with Crippen molar-refractivity contribution in [3.8, 4) is 5.75 Å². The van der Waals surface area contributed by atoms with Crippen molar-refractivity contribution in [1.82, 2.24) is 4.98 Å². The van der Waals surface area contributed by atoms with Crippen LogP contribution in [0, 0.1) is 21.7 Å². The highest BCUT2D eigenvalue weighted by atomic mass is 16.4. The Morgan fingerprint density at radius 2 is 1.12 bits per heavy atom. The molecule has 274 valence electrons. The lowest BCUT2D eigenvalue weighted by molar-refractivity contribution is -0.137. The highest BCUT2D eigenvalue weighted by molar-refractivity contribution is 5.83. The van der Waals surface area contributed by atoms with E-state index in [0.29, 0.717) is 18.2 Å². The Balaban J connectivity index is 0.000000639. The number of hydrogen-bond donors (Lipinski definition) is 7. The number of H-pyrrole nitrogens is 1. The zero-order valence-corrected chi connectivity index (χ0v) is 32.4. The molecular weight excluding hydrogens is 598 g/mol. The number of aromatic hydroxyl groups is 1. The molecule has 8 heteroatoms. The highest BCUT2D eigenvalue weighted by Crippen LogP contribution is 2.25. The molecule has 4 unspecified atom stereocenters. The number of phenols is 1. The van der Waals surface area contributed by atoms with E-state index in [-0.39, 0.29) is 46.2 Å². The summed E-state index contributed by atoms with van der Waals surface area (Å²) in [5.41, 5.74) is 27.8. The van der Waals surface area contributed by atoms with E-state index in [0.717, 1.165) is 12.8 Å². The smallest absolute Gasteiger partial charge is 0.303 e. The lowest BCUT2D eigenvalue weighted by Gasteiger charge is -2.27. The molecule has 0 amide bonds. The highest BCUT2D eigenvalue weighted by Gasteiger charge is 2.23. The largest absolute Gasteiger partial charge is 0.508 e. The molecule has 0 saturated carbocycles. The number of rotatable bonds is 7. The van der Waals surface area contributed by atoms with Crippen LogP contribution in [-0.4, -0.2) is 45.3 Å². The Hall–Kier alpha value is -2.91. The molecule has 1 aromatic heterocycles. The van der Waals surface area contributed by atoms with Crippen molar-refractivity contribution in [3.05, 3.63) is 65.9 Å². The second kappa shape index (κ2) is 19.3. The molecule has 0 aliphatic carbocycles. The van der Waals surface area contributed by atoms with Crippen molar-refractivity contribution < 1.29 is 15.0 Å². The average Bonchev–Trinajstić information content (AvgIpc) is 3.34. The van der Waals surface area contributed by atoms with Gasteiger partial charge in [0.2, 0.25) is 0 Å². The van der Waals surface area contributed by atoms with Crippen LogP contribution in [0.2, 0.25) is 0 Å². The van der Waals surface area contributed by atoms with Crippen molar-refractivity contribution in [2.75, 3.05) is 0 Å². The minimum Gasteiger partial charge on any atom is -0.508 e. The van der Waals surface area contributed by atoms with Gasteiger partial charge in [0.05, 0.1) is 0 Å². The zero-order valence-electron chi connectivity index (χ0n) is 32.4. The number of aromatic amines is 1. The molecule has 3 rings (SSSR count). The number of carboxylic acids is 1. The van der Waals surface area contributed by atoms with Crippen LogP contribution >= 0.6 is 0 Å². The minimum absolute atomic E-state index is 0.00938. The maximum Gasteiger partial charge on any atom is 0.303 e. The van der Waals surface area contributed by atoms with E-state index >= 15 is 0 Å². The summed E-state index contributed by atoms with van der Waals surface area (Å²) < 4.78 is 0. The van der Waals surface area contributed by atoms with E-state index in [9.17, 15) is 4.79 Å². The van der Waals surface area contributed by atoms with E-state index < -0.39 is 5.97 Å². The van der Waals surface area contributed by atoms with Gasteiger partial charge in [-0.25, -0.2) is 0 Å².